The van der Waals surface area contributed by atoms with Gasteiger partial charge in [0.2, 0.25) is 0 Å². The quantitative estimate of drug-likeness (QED) is 0.808. The van der Waals surface area contributed by atoms with Gasteiger partial charge < -0.3 is 5.32 Å². The van der Waals surface area contributed by atoms with Crippen LogP contribution >= 0.6 is 11.6 Å². The molecule has 4 heteroatoms. The van der Waals surface area contributed by atoms with Gasteiger partial charge in [-0.15, -0.1) is 0 Å². The fourth-order valence-corrected chi connectivity index (χ4v) is 3.14. The van der Waals surface area contributed by atoms with Crippen LogP contribution in [0.5, 0.6) is 0 Å². The third kappa shape index (κ3) is 3.95. The van der Waals surface area contributed by atoms with E-state index < -0.39 is 0 Å². The van der Waals surface area contributed by atoms with Gasteiger partial charge in [-0.05, 0) is 60.5 Å². The molecule has 124 valence electrons. The summed E-state index contributed by atoms with van der Waals surface area (Å²) in [6.07, 6.45) is 6.38. The maximum Gasteiger partial charge on any atom is 0.101 e. The molecule has 1 fully saturated rings. The summed E-state index contributed by atoms with van der Waals surface area (Å²) in [6, 6.07) is 10.2. The minimum atomic E-state index is 0.369. The summed E-state index contributed by atoms with van der Waals surface area (Å²) in [4.78, 5) is 4.44. The van der Waals surface area contributed by atoms with Gasteiger partial charge in [0, 0.05) is 24.0 Å². The SMILES string of the molecule is CC(C)CNC(c1cncc(-c2ccc(C#N)c(Cl)c2)c1)C1CC1. The van der Waals surface area contributed by atoms with E-state index in [-0.39, 0.29) is 0 Å². The molecule has 1 atom stereocenters. The molecule has 1 aromatic carbocycles. The predicted octanol–water partition coefficient (Wildman–Crippen LogP) is 4.97. The Balaban J connectivity index is 1.88. The summed E-state index contributed by atoms with van der Waals surface area (Å²) in [7, 11) is 0. The van der Waals surface area contributed by atoms with Crippen molar-refractivity contribution in [2.75, 3.05) is 6.54 Å². The van der Waals surface area contributed by atoms with E-state index in [9.17, 15) is 0 Å². The van der Waals surface area contributed by atoms with Crippen LogP contribution in [0.3, 0.4) is 0 Å². The number of rotatable bonds is 6. The highest BCUT2D eigenvalue weighted by molar-refractivity contribution is 6.32. The topological polar surface area (TPSA) is 48.7 Å². The van der Waals surface area contributed by atoms with E-state index in [2.05, 4.69) is 36.3 Å². The van der Waals surface area contributed by atoms with Crippen molar-refractivity contribution in [3.63, 3.8) is 0 Å². The number of pyridine rings is 1. The second kappa shape index (κ2) is 7.34. The Morgan fingerprint density at radius 1 is 1.25 bits per heavy atom. The van der Waals surface area contributed by atoms with Crippen LogP contribution < -0.4 is 5.32 Å². The highest BCUT2D eigenvalue weighted by Gasteiger charge is 2.32. The number of nitrogens with zero attached hydrogens (tertiary/aromatic N) is 2. The normalized spacial score (nSPS) is 15.3. The number of halogens is 1. The van der Waals surface area contributed by atoms with Gasteiger partial charge >= 0.3 is 0 Å². The Bertz CT molecular complexity index is 760. The molecule has 1 saturated carbocycles. The number of aromatic nitrogens is 1. The summed E-state index contributed by atoms with van der Waals surface area (Å²) in [5.41, 5.74) is 3.76. The van der Waals surface area contributed by atoms with Gasteiger partial charge in [-0.2, -0.15) is 5.26 Å². The minimum absolute atomic E-state index is 0.369. The van der Waals surface area contributed by atoms with E-state index in [1.165, 1.54) is 18.4 Å². The lowest BCUT2D eigenvalue weighted by atomic mass is 9.99. The summed E-state index contributed by atoms with van der Waals surface area (Å²) in [6.45, 7) is 5.46. The lowest BCUT2D eigenvalue weighted by Gasteiger charge is -2.20. The minimum Gasteiger partial charge on any atom is -0.309 e. The van der Waals surface area contributed by atoms with E-state index in [4.69, 9.17) is 16.9 Å². The molecule has 1 aliphatic rings. The van der Waals surface area contributed by atoms with E-state index in [1.54, 1.807) is 6.07 Å². The third-order valence-corrected chi connectivity index (χ3v) is 4.69. The van der Waals surface area contributed by atoms with Crippen molar-refractivity contribution in [2.45, 2.75) is 32.7 Å². The van der Waals surface area contributed by atoms with Crippen LogP contribution in [0.15, 0.2) is 36.7 Å². The Kier molecular flexibility index (Phi) is 5.18. The van der Waals surface area contributed by atoms with Gasteiger partial charge in [0.25, 0.3) is 0 Å². The number of hydrogen-bond donors (Lipinski definition) is 1. The van der Waals surface area contributed by atoms with Crippen LogP contribution in [-0.4, -0.2) is 11.5 Å². The Morgan fingerprint density at radius 2 is 2.04 bits per heavy atom. The summed E-state index contributed by atoms with van der Waals surface area (Å²) < 4.78 is 0. The highest BCUT2D eigenvalue weighted by Crippen LogP contribution is 2.41. The number of benzene rings is 1. The maximum atomic E-state index is 9.01. The van der Waals surface area contributed by atoms with Crippen LogP contribution in [0, 0.1) is 23.2 Å². The first kappa shape index (κ1) is 17.0. The lowest BCUT2D eigenvalue weighted by Crippen LogP contribution is -2.27. The van der Waals surface area contributed by atoms with E-state index in [0.29, 0.717) is 28.5 Å². The van der Waals surface area contributed by atoms with Gasteiger partial charge in [-0.1, -0.05) is 31.5 Å². The first-order valence-electron chi connectivity index (χ1n) is 8.47. The standard InChI is InChI=1S/C20H22ClN3/c1-13(2)10-24-20(14-3-4-14)18-7-17(11-23-12-18)15-5-6-16(9-22)19(21)8-15/h5-8,11-14,20,24H,3-4,10H2,1-2H3. The van der Waals surface area contributed by atoms with Crippen LogP contribution in [0.2, 0.25) is 5.02 Å². The van der Waals surface area contributed by atoms with E-state index in [0.717, 1.165) is 17.7 Å². The molecule has 24 heavy (non-hydrogen) atoms. The predicted molar refractivity (Wildman–Crippen MR) is 97.7 cm³/mol. The second-order valence-electron chi connectivity index (χ2n) is 6.93. The molecule has 0 spiro atoms. The molecule has 1 unspecified atom stereocenters. The van der Waals surface area contributed by atoms with Crippen molar-refractivity contribution in [2.24, 2.45) is 11.8 Å². The van der Waals surface area contributed by atoms with Crippen molar-refractivity contribution in [1.82, 2.24) is 10.3 Å². The van der Waals surface area contributed by atoms with Gasteiger partial charge in [0.05, 0.1) is 10.6 Å². The van der Waals surface area contributed by atoms with Crippen molar-refractivity contribution in [3.05, 3.63) is 52.8 Å². The average molecular weight is 340 g/mol. The van der Waals surface area contributed by atoms with Gasteiger partial charge in [-0.25, -0.2) is 0 Å². The summed E-state index contributed by atoms with van der Waals surface area (Å²) in [5, 5.41) is 13.2. The smallest absolute Gasteiger partial charge is 0.101 e. The number of nitriles is 1. The van der Waals surface area contributed by atoms with Crippen LogP contribution in [0.25, 0.3) is 11.1 Å². The largest absolute Gasteiger partial charge is 0.309 e. The van der Waals surface area contributed by atoms with Crippen LogP contribution in [-0.2, 0) is 0 Å². The third-order valence-electron chi connectivity index (χ3n) is 4.38. The monoisotopic (exact) mass is 339 g/mol. The molecule has 3 rings (SSSR count). The number of hydrogen-bond acceptors (Lipinski definition) is 3. The fraction of sp³-hybridized carbons (Fsp3) is 0.400. The van der Waals surface area contributed by atoms with E-state index >= 15 is 0 Å². The molecule has 2 aromatic rings. The molecule has 1 aliphatic carbocycles. The summed E-state index contributed by atoms with van der Waals surface area (Å²) >= 11 is 6.17. The van der Waals surface area contributed by atoms with Crippen LogP contribution in [0.1, 0.15) is 43.9 Å². The average Bonchev–Trinajstić information content (AvgIpc) is 3.40. The van der Waals surface area contributed by atoms with Crippen LogP contribution in [0.4, 0.5) is 0 Å². The zero-order valence-electron chi connectivity index (χ0n) is 14.1. The van der Waals surface area contributed by atoms with Crippen molar-refractivity contribution < 1.29 is 0 Å². The maximum absolute atomic E-state index is 9.01. The first-order chi connectivity index (χ1) is 11.6. The molecule has 0 radical (unpaired) electrons. The number of nitrogens with one attached hydrogen (secondary N) is 1. The molecule has 3 nitrogen and oxygen atoms in total. The molecule has 0 aliphatic heterocycles. The summed E-state index contributed by atoms with van der Waals surface area (Å²) in [5.74, 6) is 1.34. The van der Waals surface area contributed by atoms with Gasteiger partial charge in [-0.3, -0.25) is 4.98 Å². The zero-order chi connectivity index (χ0) is 17.1. The van der Waals surface area contributed by atoms with Crippen molar-refractivity contribution in [1.29, 1.82) is 5.26 Å². The van der Waals surface area contributed by atoms with Crippen molar-refractivity contribution >= 4 is 11.6 Å². The molecule has 1 heterocycles. The van der Waals surface area contributed by atoms with Crippen molar-refractivity contribution in [3.8, 4) is 17.2 Å². The first-order valence-corrected chi connectivity index (χ1v) is 8.84. The Morgan fingerprint density at radius 3 is 2.67 bits per heavy atom. The molecular weight excluding hydrogens is 318 g/mol. The van der Waals surface area contributed by atoms with Gasteiger partial charge in [0.1, 0.15) is 6.07 Å². The molecule has 0 bridgehead atoms. The van der Waals surface area contributed by atoms with Gasteiger partial charge in [0.15, 0.2) is 0 Å². The highest BCUT2D eigenvalue weighted by atomic mass is 35.5. The zero-order valence-corrected chi connectivity index (χ0v) is 14.8. The second-order valence-corrected chi connectivity index (χ2v) is 7.34. The Labute approximate surface area is 148 Å². The molecular formula is C20H22ClN3. The molecule has 0 amide bonds. The van der Waals surface area contributed by atoms with E-state index in [1.807, 2.05) is 24.5 Å². The lowest BCUT2D eigenvalue weighted by molar-refractivity contribution is 0.438. The molecule has 1 aromatic heterocycles. The Hall–Kier alpha value is -1.89. The molecule has 1 N–H and O–H groups in total. The molecule has 0 saturated heterocycles. The fourth-order valence-electron chi connectivity index (χ4n) is 2.92.